The normalized spacial score (nSPS) is 19.7. The first-order valence-electron chi connectivity index (χ1n) is 9.99. The van der Waals surface area contributed by atoms with Crippen molar-refractivity contribution in [2.45, 2.75) is 38.5 Å². The lowest BCUT2D eigenvalue weighted by atomic mass is 10.2. The van der Waals surface area contributed by atoms with Gasteiger partial charge >= 0.3 is 6.09 Å². The Morgan fingerprint density at radius 3 is 2.87 bits per heavy atom. The van der Waals surface area contributed by atoms with Crippen molar-refractivity contribution in [1.82, 2.24) is 15.1 Å². The van der Waals surface area contributed by atoms with Crippen LogP contribution in [0.4, 0.5) is 4.79 Å². The third kappa shape index (κ3) is 5.17. The molecule has 0 saturated carbocycles. The number of guanidine groups is 1. The van der Waals surface area contributed by atoms with E-state index in [1.165, 1.54) is 4.70 Å². The Balaban J connectivity index is 0.00000256. The summed E-state index contributed by atoms with van der Waals surface area (Å²) in [6, 6.07) is 10.3. The number of ether oxygens (including phenoxy) is 1. The number of benzene rings is 1. The lowest BCUT2D eigenvalue weighted by molar-refractivity contribution is 0.0137. The van der Waals surface area contributed by atoms with Gasteiger partial charge in [-0.05, 0) is 38.3 Å². The number of aliphatic hydroxyl groups is 1. The number of carbonyl (C=O) groups excluding carboxylic acids is 1. The third-order valence-electron chi connectivity index (χ3n) is 5.08. The van der Waals surface area contributed by atoms with Crippen molar-refractivity contribution < 1.29 is 14.6 Å². The second kappa shape index (κ2) is 9.27. The van der Waals surface area contributed by atoms with Gasteiger partial charge in [0.15, 0.2) is 5.96 Å². The van der Waals surface area contributed by atoms with Crippen LogP contribution in [0.1, 0.15) is 31.8 Å². The molecule has 2 N–H and O–H groups in total. The molecular formula is C21H29IN4O3S. The van der Waals surface area contributed by atoms with E-state index in [0.717, 1.165) is 16.2 Å². The zero-order valence-electron chi connectivity index (χ0n) is 17.5. The highest BCUT2D eigenvalue weighted by Crippen LogP contribution is 2.29. The predicted molar refractivity (Wildman–Crippen MR) is 131 cm³/mol. The number of fused-ring (bicyclic) bond motifs is 2. The van der Waals surface area contributed by atoms with E-state index in [-0.39, 0.29) is 36.1 Å². The summed E-state index contributed by atoms with van der Waals surface area (Å²) in [5.74, 6) is 0.805. The van der Waals surface area contributed by atoms with Crippen LogP contribution in [0.2, 0.25) is 0 Å². The Morgan fingerprint density at radius 1 is 1.37 bits per heavy atom. The van der Waals surface area contributed by atoms with Gasteiger partial charge in [-0.15, -0.1) is 35.3 Å². The summed E-state index contributed by atoms with van der Waals surface area (Å²) in [5, 5.41) is 15.1. The van der Waals surface area contributed by atoms with E-state index in [4.69, 9.17) is 4.74 Å². The molecule has 2 aromatic rings. The molecule has 30 heavy (non-hydrogen) atoms. The number of halogens is 1. The van der Waals surface area contributed by atoms with Crippen molar-refractivity contribution in [2.24, 2.45) is 4.99 Å². The molecule has 0 bridgehead atoms. The smallest absolute Gasteiger partial charge is 0.410 e. The van der Waals surface area contributed by atoms with Crippen molar-refractivity contribution in [3.8, 4) is 0 Å². The lowest BCUT2D eigenvalue weighted by Gasteiger charge is -2.39. The van der Waals surface area contributed by atoms with Crippen LogP contribution in [0, 0.1) is 0 Å². The quantitative estimate of drug-likeness (QED) is 0.580. The summed E-state index contributed by atoms with van der Waals surface area (Å²) >= 11 is 1.62. The number of piperazine rings is 1. The molecule has 1 aromatic heterocycles. The van der Waals surface area contributed by atoms with Gasteiger partial charge < -0.3 is 25.0 Å². The van der Waals surface area contributed by atoms with Crippen molar-refractivity contribution in [3.63, 3.8) is 0 Å². The van der Waals surface area contributed by atoms with Crippen LogP contribution >= 0.6 is 35.3 Å². The van der Waals surface area contributed by atoms with Crippen LogP contribution in [-0.4, -0.2) is 71.3 Å². The summed E-state index contributed by atoms with van der Waals surface area (Å²) in [5.41, 5.74) is -0.490. The maximum Gasteiger partial charge on any atom is 0.410 e. The Kier molecular flexibility index (Phi) is 7.13. The van der Waals surface area contributed by atoms with Gasteiger partial charge in [0.25, 0.3) is 0 Å². The molecule has 2 atom stereocenters. The SMILES string of the molecule is CC(C)(C)OC(=O)N1CCN2C(NCC(O)c3cc4ccccc4s3)=NCC2C1.I. The fraction of sp³-hybridized carbons (Fsp3) is 0.524. The molecule has 0 radical (unpaired) electrons. The Morgan fingerprint density at radius 2 is 2.13 bits per heavy atom. The second-order valence-electron chi connectivity index (χ2n) is 8.52. The summed E-state index contributed by atoms with van der Waals surface area (Å²) in [4.78, 5) is 21.8. The number of amides is 1. The third-order valence-corrected chi connectivity index (χ3v) is 6.30. The van der Waals surface area contributed by atoms with Gasteiger partial charge in [-0.3, -0.25) is 4.99 Å². The predicted octanol–water partition coefficient (Wildman–Crippen LogP) is 3.43. The van der Waals surface area contributed by atoms with E-state index in [0.29, 0.717) is 32.7 Å². The van der Waals surface area contributed by atoms with Crippen LogP contribution in [0.3, 0.4) is 0 Å². The van der Waals surface area contributed by atoms with Crippen molar-refractivity contribution in [3.05, 3.63) is 35.2 Å². The average molecular weight is 544 g/mol. The molecule has 1 aromatic carbocycles. The van der Waals surface area contributed by atoms with Gasteiger partial charge in [-0.1, -0.05) is 18.2 Å². The maximum absolute atomic E-state index is 12.3. The van der Waals surface area contributed by atoms with Gasteiger partial charge in [0.1, 0.15) is 11.7 Å². The number of hydrogen-bond acceptors (Lipinski definition) is 7. The van der Waals surface area contributed by atoms with Crippen LogP contribution in [-0.2, 0) is 4.74 Å². The topological polar surface area (TPSA) is 77.4 Å². The fourth-order valence-electron chi connectivity index (χ4n) is 3.68. The highest BCUT2D eigenvalue weighted by Gasteiger charge is 2.36. The molecule has 0 spiro atoms. The number of hydrogen-bond donors (Lipinski definition) is 2. The Bertz CT molecular complexity index is 893. The Labute approximate surface area is 198 Å². The highest BCUT2D eigenvalue weighted by molar-refractivity contribution is 14.0. The van der Waals surface area contributed by atoms with Gasteiger partial charge in [0.05, 0.1) is 12.6 Å². The van der Waals surface area contributed by atoms with Crippen molar-refractivity contribution >= 4 is 57.5 Å². The first-order chi connectivity index (χ1) is 13.8. The van der Waals surface area contributed by atoms with Crippen molar-refractivity contribution in [1.29, 1.82) is 0 Å². The highest BCUT2D eigenvalue weighted by atomic mass is 127. The van der Waals surface area contributed by atoms with Gasteiger partial charge in [0, 0.05) is 35.8 Å². The number of aliphatic imine (C=N–C) groups is 1. The molecule has 1 fully saturated rings. The van der Waals surface area contributed by atoms with E-state index < -0.39 is 11.7 Å². The maximum atomic E-state index is 12.3. The minimum Gasteiger partial charge on any atom is -0.444 e. The molecule has 7 nitrogen and oxygen atoms in total. The van der Waals surface area contributed by atoms with Crippen molar-refractivity contribution in [2.75, 3.05) is 32.7 Å². The fourth-order valence-corrected chi connectivity index (χ4v) is 4.73. The van der Waals surface area contributed by atoms with Gasteiger partial charge in [-0.2, -0.15) is 0 Å². The molecule has 0 aliphatic carbocycles. The first kappa shape index (κ1) is 23.1. The van der Waals surface area contributed by atoms with Crippen LogP contribution in [0.25, 0.3) is 10.1 Å². The number of nitrogens with one attached hydrogen (secondary N) is 1. The van der Waals surface area contributed by atoms with Gasteiger partial charge in [-0.25, -0.2) is 4.79 Å². The summed E-state index contributed by atoms with van der Waals surface area (Å²) in [6.07, 6.45) is -0.851. The number of thiophene rings is 1. The summed E-state index contributed by atoms with van der Waals surface area (Å²) in [6.45, 7) is 8.59. The van der Waals surface area contributed by atoms with Gasteiger partial charge in [0.2, 0.25) is 0 Å². The number of rotatable bonds is 3. The molecular weight excluding hydrogens is 515 g/mol. The van der Waals surface area contributed by atoms with E-state index in [2.05, 4.69) is 27.3 Å². The minimum atomic E-state index is -0.586. The number of carbonyl (C=O) groups is 1. The zero-order valence-corrected chi connectivity index (χ0v) is 20.6. The van der Waals surface area contributed by atoms with Crippen LogP contribution in [0.15, 0.2) is 35.3 Å². The molecule has 3 heterocycles. The van der Waals surface area contributed by atoms with Crippen LogP contribution in [0.5, 0.6) is 0 Å². The standard InChI is InChI=1S/C21H28N4O3S.HI/c1-21(2,3)28-20(27)24-8-9-25-15(13-24)11-22-19(25)23-12-16(26)18-10-14-6-4-5-7-17(14)29-18;/h4-7,10,15-16,26H,8-9,11-13H2,1-3H3,(H,22,23);1H. The molecule has 1 amide bonds. The minimum absolute atomic E-state index is 0. The Hall–Kier alpha value is -1.59. The molecule has 1 saturated heterocycles. The van der Waals surface area contributed by atoms with E-state index in [9.17, 15) is 9.90 Å². The number of aliphatic hydroxyl groups excluding tert-OH is 1. The number of nitrogens with zero attached hydrogens (tertiary/aromatic N) is 3. The first-order valence-corrected chi connectivity index (χ1v) is 10.8. The molecule has 2 aliphatic heterocycles. The van der Waals surface area contributed by atoms with E-state index >= 15 is 0 Å². The molecule has 2 unspecified atom stereocenters. The molecule has 2 aliphatic rings. The lowest BCUT2D eigenvalue weighted by Crippen LogP contribution is -2.57. The second-order valence-corrected chi connectivity index (χ2v) is 9.64. The van der Waals surface area contributed by atoms with Crippen LogP contribution < -0.4 is 5.32 Å². The zero-order chi connectivity index (χ0) is 20.6. The summed E-state index contributed by atoms with van der Waals surface area (Å²) < 4.78 is 6.67. The molecule has 9 heteroatoms. The summed E-state index contributed by atoms with van der Waals surface area (Å²) in [7, 11) is 0. The van der Waals surface area contributed by atoms with E-state index in [1.54, 1.807) is 16.2 Å². The van der Waals surface area contributed by atoms with E-state index in [1.807, 2.05) is 39.0 Å². The largest absolute Gasteiger partial charge is 0.444 e. The molecule has 4 rings (SSSR count). The molecule has 164 valence electrons. The average Bonchev–Trinajstić information content (AvgIpc) is 3.28. The monoisotopic (exact) mass is 544 g/mol.